The number of hydrogen-bond donors (Lipinski definition) is 2. The maximum Gasteiger partial charge on any atom is 0.129 e. The van der Waals surface area contributed by atoms with E-state index in [0.717, 1.165) is 54.9 Å². The molecule has 0 atom stereocenters. The highest BCUT2D eigenvalue weighted by atomic mass is 16.5. The van der Waals surface area contributed by atoms with Crippen LogP contribution < -0.4 is 18.9 Å². The first-order chi connectivity index (χ1) is 35.5. The van der Waals surface area contributed by atoms with Crippen molar-refractivity contribution in [1.29, 1.82) is 0 Å². The molecule has 0 aromatic heterocycles. The summed E-state index contributed by atoms with van der Waals surface area (Å²) in [5.74, 6) is 2.67. The van der Waals surface area contributed by atoms with Crippen LogP contribution in [0, 0.1) is 0 Å². The Labute approximate surface area is 419 Å². The van der Waals surface area contributed by atoms with Crippen LogP contribution in [0.3, 0.4) is 0 Å². The van der Waals surface area contributed by atoms with Gasteiger partial charge >= 0.3 is 0 Å². The predicted octanol–water partition coefficient (Wildman–Crippen LogP) is 14.8. The Hall–Kier alpha value is -8.56. The summed E-state index contributed by atoms with van der Waals surface area (Å²) in [6, 6.07) is 71.4. The topological polar surface area (TPSA) is 95.8 Å². The number of benzene rings is 10. The summed E-state index contributed by atoms with van der Waals surface area (Å²) in [5, 5.41) is 28.1. The monoisotopic (exact) mass is 950 g/mol. The van der Waals surface area contributed by atoms with Gasteiger partial charge in [0.15, 0.2) is 0 Å². The van der Waals surface area contributed by atoms with Crippen molar-refractivity contribution in [2.75, 3.05) is 0 Å². The van der Waals surface area contributed by atoms with Gasteiger partial charge in [0.1, 0.15) is 60.9 Å². The highest BCUT2D eigenvalue weighted by Gasteiger charge is 2.23. The minimum atomic E-state index is 0.0226. The SMILES string of the molecule is Oc1c(COCc2cc(OCc3ccccc3)cc(OCc3ccccc3)c2)cc2ccccc2c1-c1c(O)c(COCc2cc(OCc3ccccc3)cc(OCc3ccccc3)c2)cc2ccccc12. The third-order valence-corrected chi connectivity index (χ3v) is 12.4. The zero-order valence-corrected chi connectivity index (χ0v) is 39.8. The molecular weight excluding hydrogens is 897 g/mol. The summed E-state index contributed by atoms with van der Waals surface area (Å²) in [4.78, 5) is 0. The minimum Gasteiger partial charge on any atom is -0.507 e. The molecule has 0 heterocycles. The minimum absolute atomic E-state index is 0.0226. The second-order valence-corrected chi connectivity index (χ2v) is 17.7. The van der Waals surface area contributed by atoms with Gasteiger partial charge in [0.25, 0.3) is 0 Å². The average Bonchev–Trinajstić information content (AvgIpc) is 3.42. The molecule has 0 aliphatic carbocycles. The molecule has 0 fully saturated rings. The van der Waals surface area contributed by atoms with Gasteiger partial charge in [-0.25, -0.2) is 0 Å². The molecule has 0 aliphatic heterocycles. The second-order valence-electron chi connectivity index (χ2n) is 17.7. The zero-order valence-electron chi connectivity index (χ0n) is 39.8. The van der Waals surface area contributed by atoms with Crippen LogP contribution in [0.1, 0.15) is 44.5 Å². The standard InChI is InChI=1S/C64H54O8/c65-63-53(43-67-37-49-29-55(69-39-45-17-5-1-6-18-45)35-56(30-49)70-40-46-19-7-2-8-20-46)33-51-25-13-15-27-59(51)61(63)62-60-28-16-14-26-52(60)34-54(64(62)66)44-68-38-50-31-57(71-41-47-21-9-3-10-22-47)36-58(32-50)72-42-48-23-11-4-12-24-48/h1-36,65-66H,37-44H2. The molecule has 0 unspecified atom stereocenters. The van der Waals surface area contributed by atoms with E-state index in [-0.39, 0.29) is 37.9 Å². The molecule has 0 saturated heterocycles. The molecule has 8 heteroatoms. The molecule has 2 N–H and O–H groups in total. The van der Waals surface area contributed by atoms with Crippen LogP contribution in [0.2, 0.25) is 0 Å². The summed E-state index contributed by atoms with van der Waals surface area (Å²) in [6.07, 6.45) is 0. The van der Waals surface area contributed by atoms with Crippen LogP contribution in [0.15, 0.2) is 218 Å². The van der Waals surface area contributed by atoms with Crippen LogP contribution >= 0.6 is 0 Å². The fourth-order valence-corrected chi connectivity index (χ4v) is 8.80. The Morgan fingerprint density at radius 1 is 0.264 bits per heavy atom. The van der Waals surface area contributed by atoms with Gasteiger partial charge in [-0.05, 0) is 91.3 Å². The van der Waals surface area contributed by atoms with E-state index < -0.39 is 0 Å². The van der Waals surface area contributed by atoms with E-state index in [2.05, 4.69) is 0 Å². The molecule has 0 bridgehead atoms. The Balaban J connectivity index is 0.904. The Morgan fingerprint density at radius 2 is 0.556 bits per heavy atom. The quantitative estimate of drug-likeness (QED) is 0.0735. The lowest BCUT2D eigenvalue weighted by Crippen LogP contribution is -2.02. The smallest absolute Gasteiger partial charge is 0.129 e. The highest BCUT2D eigenvalue weighted by molar-refractivity contribution is 6.10. The number of rotatable bonds is 21. The molecule has 10 aromatic rings. The fraction of sp³-hybridized carbons (Fsp3) is 0.125. The number of fused-ring (bicyclic) bond motifs is 2. The molecule has 0 radical (unpaired) electrons. The van der Waals surface area contributed by atoms with Crippen LogP contribution in [0.5, 0.6) is 34.5 Å². The first kappa shape index (κ1) is 47.1. The molecule has 72 heavy (non-hydrogen) atoms. The number of hydrogen-bond acceptors (Lipinski definition) is 8. The summed E-state index contributed by atoms with van der Waals surface area (Å²) >= 11 is 0. The number of phenols is 2. The Kier molecular flexibility index (Phi) is 15.0. The first-order valence-electron chi connectivity index (χ1n) is 24.1. The van der Waals surface area contributed by atoms with Crippen LogP contribution in [-0.2, 0) is 62.3 Å². The molecule has 0 saturated carbocycles. The molecule has 10 aromatic carbocycles. The average molecular weight is 951 g/mol. The van der Waals surface area contributed by atoms with Crippen molar-refractivity contribution >= 4 is 21.5 Å². The molecule has 358 valence electrons. The van der Waals surface area contributed by atoms with E-state index in [1.165, 1.54) is 0 Å². The number of phenolic OH excluding ortho intramolecular Hbond substituents is 2. The van der Waals surface area contributed by atoms with Gasteiger partial charge in [-0.3, -0.25) is 0 Å². The first-order valence-corrected chi connectivity index (χ1v) is 24.1. The van der Waals surface area contributed by atoms with Crippen molar-refractivity contribution in [1.82, 2.24) is 0 Å². The van der Waals surface area contributed by atoms with Crippen molar-refractivity contribution in [3.8, 4) is 45.6 Å². The molecule has 8 nitrogen and oxygen atoms in total. The number of aromatic hydroxyl groups is 2. The largest absolute Gasteiger partial charge is 0.507 e. The summed E-state index contributed by atoms with van der Waals surface area (Å²) in [7, 11) is 0. The third-order valence-electron chi connectivity index (χ3n) is 12.4. The van der Waals surface area contributed by atoms with Crippen molar-refractivity contribution in [2.24, 2.45) is 0 Å². The normalized spacial score (nSPS) is 11.2. The van der Waals surface area contributed by atoms with Gasteiger partial charge in [-0.1, -0.05) is 170 Å². The Morgan fingerprint density at radius 3 is 0.875 bits per heavy atom. The zero-order chi connectivity index (χ0) is 48.9. The summed E-state index contributed by atoms with van der Waals surface area (Å²) < 4.78 is 37.9. The van der Waals surface area contributed by atoms with Crippen LogP contribution in [0.4, 0.5) is 0 Å². The van der Waals surface area contributed by atoms with Gasteiger partial charge in [-0.2, -0.15) is 0 Å². The highest BCUT2D eigenvalue weighted by Crippen LogP contribution is 2.48. The van der Waals surface area contributed by atoms with E-state index >= 15 is 0 Å². The van der Waals surface area contributed by atoms with E-state index in [4.69, 9.17) is 28.4 Å². The maximum absolute atomic E-state index is 12.4. The van der Waals surface area contributed by atoms with Gasteiger partial charge in [0.2, 0.25) is 0 Å². The lowest BCUT2D eigenvalue weighted by Gasteiger charge is -2.19. The van der Waals surface area contributed by atoms with Crippen LogP contribution in [0.25, 0.3) is 32.7 Å². The number of ether oxygens (including phenoxy) is 6. The van der Waals surface area contributed by atoms with Gasteiger partial charge in [0.05, 0.1) is 26.4 Å². The van der Waals surface area contributed by atoms with Crippen LogP contribution in [-0.4, -0.2) is 10.2 Å². The molecule has 0 aliphatic rings. The van der Waals surface area contributed by atoms with Crippen molar-refractivity contribution in [3.05, 3.63) is 263 Å². The molecule has 10 rings (SSSR count). The lowest BCUT2D eigenvalue weighted by molar-refractivity contribution is 0.105. The third kappa shape index (κ3) is 11.9. The summed E-state index contributed by atoms with van der Waals surface area (Å²) in [6.45, 7) is 2.21. The van der Waals surface area contributed by atoms with E-state index in [1.54, 1.807) is 0 Å². The van der Waals surface area contributed by atoms with Gasteiger partial charge in [-0.15, -0.1) is 0 Å². The molecular formula is C64H54O8. The molecule has 0 spiro atoms. The van der Waals surface area contributed by atoms with Gasteiger partial charge < -0.3 is 38.6 Å². The lowest BCUT2D eigenvalue weighted by atomic mass is 9.89. The predicted molar refractivity (Wildman–Crippen MR) is 283 cm³/mol. The van der Waals surface area contributed by atoms with Crippen molar-refractivity contribution in [2.45, 2.75) is 52.9 Å². The van der Waals surface area contributed by atoms with E-state index in [1.807, 2.05) is 218 Å². The van der Waals surface area contributed by atoms with Gasteiger partial charge in [0, 0.05) is 34.4 Å². The van der Waals surface area contributed by atoms with Crippen molar-refractivity contribution < 1.29 is 38.6 Å². The summed E-state index contributed by atoms with van der Waals surface area (Å²) in [5.41, 5.74) is 8.08. The molecule has 0 amide bonds. The van der Waals surface area contributed by atoms with E-state index in [0.29, 0.717) is 71.7 Å². The fourth-order valence-electron chi connectivity index (χ4n) is 8.80. The second kappa shape index (κ2) is 22.9. The van der Waals surface area contributed by atoms with E-state index in [9.17, 15) is 10.2 Å². The van der Waals surface area contributed by atoms with Crippen molar-refractivity contribution in [3.63, 3.8) is 0 Å². The Bertz CT molecular complexity index is 3030. The maximum atomic E-state index is 12.4.